The SMILES string of the molecule is CCOC(Cc1ccc(OCCN(CCCOCc2ccccc2)C(=O)Oc2ccc(F)c(F)c2)cc1)C(=O)O. The zero-order valence-corrected chi connectivity index (χ0v) is 22.3. The Bertz CT molecular complexity index is 1210. The van der Waals surface area contributed by atoms with E-state index in [0.29, 0.717) is 32.0 Å². The summed E-state index contributed by atoms with van der Waals surface area (Å²) >= 11 is 0. The quantitative estimate of drug-likeness (QED) is 0.233. The number of benzene rings is 3. The summed E-state index contributed by atoms with van der Waals surface area (Å²) in [4.78, 5) is 25.5. The molecule has 0 aliphatic heterocycles. The molecule has 3 rings (SSSR count). The van der Waals surface area contributed by atoms with Crippen LogP contribution in [-0.2, 0) is 27.3 Å². The lowest BCUT2D eigenvalue weighted by Gasteiger charge is -2.22. The summed E-state index contributed by atoms with van der Waals surface area (Å²) in [5, 5.41) is 9.26. The second kappa shape index (κ2) is 16.2. The standard InChI is InChI=1S/C30H33F2NO7/c1-2-38-28(29(34)35)19-22-9-11-24(12-10-22)39-18-16-33(15-6-17-37-21-23-7-4-3-5-8-23)30(36)40-25-13-14-26(31)27(32)20-25/h3-5,7-14,20,28H,2,6,15-19,21H2,1H3,(H,34,35). The topological polar surface area (TPSA) is 94.5 Å². The van der Waals surface area contributed by atoms with Gasteiger partial charge in [0.05, 0.1) is 13.2 Å². The first-order chi connectivity index (χ1) is 19.4. The zero-order chi connectivity index (χ0) is 28.7. The van der Waals surface area contributed by atoms with Crippen molar-refractivity contribution in [1.82, 2.24) is 4.90 Å². The number of rotatable bonds is 16. The van der Waals surface area contributed by atoms with Gasteiger partial charge in [0.2, 0.25) is 0 Å². The highest BCUT2D eigenvalue weighted by atomic mass is 19.2. The van der Waals surface area contributed by atoms with Gasteiger partial charge in [0.1, 0.15) is 18.1 Å². The molecular formula is C30H33F2NO7. The van der Waals surface area contributed by atoms with Crippen molar-refractivity contribution in [2.45, 2.75) is 32.5 Å². The average molecular weight is 558 g/mol. The van der Waals surface area contributed by atoms with E-state index in [1.165, 1.54) is 11.0 Å². The number of amides is 1. The van der Waals surface area contributed by atoms with Crippen LogP contribution < -0.4 is 9.47 Å². The van der Waals surface area contributed by atoms with Crippen LogP contribution in [0.15, 0.2) is 72.8 Å². The van der Waals surface area contributed by atoms with Gasteiger partial charge in [0, 0.05) is 32.2 Å². The van der Waals surface area contributed by atoms with E-state index in [1.807, 2.05) is 30.3 Å². The number of hydrogen-bond donors (Lipinski definition) is 1. The van der Waals surface area contributed by atoms with Gasteiger partial charge in [-0.25, -0.2) is 18.4 Å². The number of carbonyl (C=O) groups excluding carboxylic acids is 1. The molecule has 0 heterocycles. The van der Waals surface area contributed by atoms with E-state index < -0.39 is 29.8 Å². The molecule has 0 aromatic heterocycles. The Morgan fingerprint density at radius 1 is 0.875 bits per heavy atom. The monoisotopic (exact) mass is 557 g/mol. The second-order valence-corrected chi connectivity index (χ2v) is 8.80. The minimum Gasteiger partial charge on any atom is -0.492 e. The third-order valence-corrected chi connectivity index (χ3v) is 5.80. The van der Waals surface area contributed by atoms with E-state index in [9.17, 15) is 23.5 Å². The highest BCUT2D eigenvalue weighted by molar-refractivity contribution is 5.72. The molecule has 0 saturated carbocycles. The molecule has 0 bridgehead atoms. The van der Waals surface area contributed by atoms with Gasteiger partial charge in [-0.15, -0.1) is 0 Å². The number of aliphatic carboxylic acids is 1. The van der Waals surface area contributed by atoms with E-state index in [1.54, 1.807) is 31.2 Å². The molecule has 40 heavy (non-hydrogen) atoms. The highest BCUT2D eigenvalue weighted by Gasteiger charge is 2.19. The zero-order valence-electron chi connectivity index (χ0n) is 22.3. The largest absolute Gasteiger partial charge is 0.492 e. The Labute approximate surface area is 232 Å². The van der Waals surface area contributed by atoms with E-state index >= 15 is 0 Å². The van der Waals surface area contributed by atoms with Crippen LogP contribution in [0.2, 0.25) is 0 Å². The maximum atomic E-state index is 13.6. The molecule has 8 nitrogen and oxygen atoms in total. The Hall–Kier alpha value is -4.02. The summed E-state index contributed by atoms with van der Waals surface area (Å²) in [5.74, 6) is -2.76. The summed E-state index contributed by atoms with van der Waals surface area (Å²) in [6.45, 7) is 3.45. The molecule has 0 spiro atoms. The van der Waals surface area contributed by atoms with E-state index in [0.717, 1.165) is 23.3 Å². The Morgan fingerprint density at radius 3 is 2.27 bits per heavy atom. The number of halogens is 2. The first-order valence-electron chi connectivity index (χ1n) is 12.9. The number of ether oxygens (including phenoxy) is 4. The molecule has 1 atom stereocenters. The minimum absolute atomic E-state index is 0.113. The maximum Gasteiger partial charge on any atom is 0.415 e. The predicted molar refractivity (Wildman–Crippen MR) is 143 cm³/mol. The van der Waals surface area contributed by atoms with Crippen molar-refractivity contribution in [3.63, 3.8) is 0 Å². The average Bonchev–Trinajstić information content (AvgIpc) is 2.95. The van der Waals surface area contributed by atoms with Crippen LogP contribution in [0.3, 0.4) is 0 Å². The van der Waals surface area contributed by atoms with Crippen molar-refractivity contribution in [3.05, 3.63) is 95.6 Å². The number of nitrogens with zero attached hydrogens (tertiary/aromatic N) is 1. The van der Waals surface area contributed by atoms with Gasteiger partial charge in [-0.3, -0.25) is 0 Å². The molecule has 0 aliphatic carbocycles. The van der Waals surface area contributed by atoms with Gasteiger partial charge in [0.15, 0.2) is 17.7 Å². The fourth-order valence-electron chi connectivity index (χ4n) is 3.75. The molecule has 1 N–H and O–H groups in total. The van der Waals surface area contributed by atoms with Crippen LogP contribution in [0.4, 0.5) is 13.6 Å². The van der Waals surface area contributed by atoms with Crippen molar-refractivity contribution in [1.29, 1.82) is 0 Å². The van der Waals surface area contributed by atoms with Gasteiger partial charge in [-0.1, -0.05) is 42.5 Å². The van der Waals surface area contributed by atoms with E-state index in [-0.39, 0.29) is 31.9 Å². The van der Waals surface area contributed by atoms with Gasteiger partial charge < -0.3 is 29.0 Å². The summed E-state index contributed by atoms with van der Waals surface area (Å²) in [5.41, 5.74) is 1.81. The summed E-state index contributed by atoms with van der Waals surface area (Å²) in [6, 6.07) is 19.5. The number of carboxylic acid groups (broad SMARTS) is 1. The van der Waals surface area contributed by atoms with Crippen LogP contribution in [0.1, 0.15) is 24.5 Å². The summed E-state index contributed by atoms with van der Waals surface area (Å²) < 4.78 is 48.8. The smallest absolute Gasteiger partial charge is 0.415 e. The van der Waals surface area contributed by atoms with Crippen LogP contribution in [0.5, 0.6) is 11.5 Å². The van der Waals surface area contributed by atoms with Crippen LogP contribution in [0.25, 0.3) is 0 Å². The van der Waals surface area contributed by atoms with Crippen LogP contribution >= 0.6 is 0 Å². The summed E-state index contributed by atoms with van der Waals surface area (Å²) in [7, 11) is 0. The Kier molecular flexibility index (Phi) is 12.3. The summed E-state index contributed by atoms with van der Waals surface area (Å²) in [6.07, 6.45) is -0.926. The van der Waals surface area contributed by atoms with Gasteiger partial charge in [-0.05, 0) is 48.7 Å². The number of carboxylic acids is 1. The first-order valence-corrected chi connectivity index (χ1v) is 12.9. The van der Waals surface area contributed by atoms with Crippen LogP contribution in [-0.4, -0.2) is 61.1 Å². The molecule has 3 aromatic carbocycles. The predicted octanol–water partition coefficient (Wildman–Crippen LogP) is 5.48. The molecule has 0 radical (unpaired) electrons. The van der Waals surface area contributed by atoms with Crippen molar-refractivity contribution >= 4 is 12.1 Å². The van der Waals surface area contributed by atoms with Crippen molar-refractivity contribution in [2.24, 2.45) is 0 Å². The lowest BCUT2D eigenvalue weighted by molar-refractivity contribution is -0.149. The second-order valence-electron chi connectivity index (χ2n) is 8.80. The molecule has 10 heteroatoms. The lowest BCUT2D eigenvalue weighted by atomic mass is 10.1. The fourth-order valence-corrected chi connectivity index (χ4v) is 3.75. The van der Waals surface area contributed by atoms with Gasteiger partial charge in [0.25, 0.3) is 0 Å². The van der Waals surface area contributed by atoms with E-state index in [2.05, 4.69) is 0 Å². The minimum atomic E-state index is -1.12. The normalized spacial score (nSPS) is 11.6. The molecule has 1 unspecified atom stereocenters. The Balaban J connectivity index is 1.53. The molecule has 0 aliphatic rings. The molecule has 0 fully saturated rings. The third-order valence-electron chi connectivity index (χ3n) is 5.80. The maximum absolute atomic E-state index is 13.6. The van der Waals surface area contributed by atoms with Gasteiger partial charge in [-0.2, -0.15) is 0 Å². The lowest BCUT2D eigenvalue weighted by Crippen LogP contribution is -2.38. The van der Waals surface area contributed by atoms with E-state index in [4.69, 9.17) is 18.9 Å². The molecule has 1 amide bonds. The highest BCUT2D eigenvalue weighted by Crippen LogP contribution is 2.17. The van der Waals surface area contributed by atoms with Crippen molar-refractivity contribution in [2.75, 3.05) is 32.9 Å². The van der Waals surface area contributed by atoms with Gasteiger partial charge >= 0.3 is 12.1 Å². The number of hydrogen-bond acceptors (Lipinski definition) is 6. The molecule has 3 aromatic rings. The molecule has 0 saturated heterocycles. The van der Waals surface area contributed by atoms with Crippen LogP contribution in [0, 0.1) is 11.6 Å². The Morgan fingerprint density at radius 2 is 1.60 bits per heavy atom. The molecular weight excluding hydrogens is 524 g/mol. The third kappa shape index (κ3) is 10.3. The fraction of sp³-hybridized carbons (Fsp3) is 0.333. The van der Waals surface area contributed by atoms with Crippen molar-refractivity contribution < 1.29 is 42.4 Å². The van der Waals surface area contributed by atoms with Crippen molar-refractivity contribution in [3.8, 4) is 11.5 Å². The molecule has 214 valence electrons. The first kappa shape index (κ1) is 30.5. The number of carbonyl (C=O) groups is 2.